The highest BCUT2D eigenvalue weighted by Crippen LogP contribution is 2.33. The number of nitrogens with zero attached hydrogens (tertiary/aromatic N) is 2. The molecular formula is C21H23N3O5S. The van der Waals surface area contributed by atoms with E-state index in [4.69, 9.17) is 4.74 Å². The van der Waals surface area contributed by atoms with E-state index in [1.54, 1.807) is 24.0 Å². The summed E-state index contributed by atoms with van der Waals surface area (Å²) in [5.74, 6) is 0.0305. The van der Waals surface area contributed by atoms with Gasteiger partial charge in [0.1, 0.15) is 5.75 Å². The van der Waals surface area contributed by atoms with Gasteiger partial charge in [-0.15, -0.1) is 0 Å². The number of sulfonamides is 1. The Morgan fingerprint density at radius 2 is 1.80 bits per heavy atom. The fraction of sp³-hybridized carbons (Fsp3) is 0.333. The van der Waals surface area contributed by atoms with Gasteiger partial charge in [0.25, 0.3) is 11.8 Å². The van der Waals surface area contributed by atoms with Crippen molar-refractivity contribution in [2.45, 2.75) is 24.8 Å². The Hall–Kier alpha value is -2.91. The van der Waals surface area contributed by atoms with Crippen LogP contribution in [0.3, 0.4) is 0 Å². The van der Waals surface area contributed by atoms with E-state index in [1.165, 1.54) is 16.4 Å². The van der Waals surface area contributed by atoms with Crippen molar-refractivity contribution in [2.24, 2.45) is 0 Å². The molecule has 2 aromatic carbocycles. The summed E-state index contributed by atoms with van der Waals surface area (Å²) in [6.07, 6.45) is -0.626. The molecule has 0 aliphatic carbocycles. The second kappa shape index (κ2) is 7.73. The number of aryl methyl sites for hydroxylation is 1. The number of piperazine rings is 1. The molecule has 0 radical (unpaired) electrons. The lowest BCUT2D eigenvalue weighted by Gasteiger charge is -2.34. The highest BCUT2D eigenvalue weighted by molar-refractivity contribution is 7.89. The third kappa shape index (κ3) is 3.66. The fourth-order valence-electron chi connectivity index (χ4n) is 3.61. The van der Waals surface area contributed by atoms with E-state index >= 15 is 0 Å². The quantitative estimate of drug-likeness (QED) is 0.804. The summed E-state index contributed by atoms with van der Waals surface area (Å²) in [7, 11) is -3.76. The summed E-state index contributed by atoms with van der Waals surface area (Å²) in [6, 6.07) is 11.8. The minimum Gasteiger partial charge on any atom is -0.479 e. The zero-order chi connectivity index (χ0) is 21.5. The molecule has 8 nitrogen and oxygen atoms in total. The van der Waals surface area contributed by atoms with Gasteiger partial charge < -0.3 is 15.0 Å². The van der Waals surface area contributed by atoms with Crippen LogP contribution in [0.15, 0.2) is 47.4 Å². The van der Waals surface area contributed by atoms with Crippen LogP contribution in [0.4, 0.5) is 5.69 Å². The second-order valence-electron chi connectivity index (χ2n) is 7.42. The van der Waals surface area contributed by atoms with Crippen molar-refractivity contribution < 1.29 is 22.7 Å². The summed E-state index contributed by atoms with van der Waals surface area (Å²) in [4.78, 5) is 26.4. The lowest BCUT2D eigenvalue weighted by Crippen LogP contribution is -2.50. The largest absolute Gasteiger partial charge is 0.479 e. The Morgan fingerprint density at radius 1 is 1.10 bits per heavy atom. The van der Waals surface area contributed by atoms with Crippen LogP contribution < -0.4 is 10.1 Å². The molecule has 2 aromatic rings. The first-order chi connectivity index (χ1) is 14.3. The third-order valence-electron chi connectivity index (χ3n) is 5.42. The van der Waals surface area contributed by atoms with Gasteiger partial charge in [0.05, 0.1) is 10.6 Å². The molecule has 1 fully saturated rings. The van der Waals surface area contributed by atoms with Crippen molar-refractivity contribution >= 4 is 27.5 Å². The van der Waals surface area contributed by atoms with Gasteiger partial charge >= 0.3 is 0 Å². The third-order valence-corrected chi connectivity index (χ3v) is 7.32. The molecule has 2 amide bonds. The van der Waals surface area contributed by atoms with E-state index in [9.17, 15) is 18.0 Å². The number of rotatable bonds is 3. The van der Waals surface area contributed by atoms with Gasteiger partial charge in [-0.25, -0.2) is 8.42 Å². The molecule has 2 aliphatic rings. The van der Waals surface area contributed by atoms with Crippen LogP contribution in [0.5, 0.6) is 5.75 Å². The SMILES string of the molecule is Cc1ccccc1C(=O)N1CCN(S(=O)(=O)c2ccc3c(c2)NC(=O)[C@@H](C)O3)CC1. The Balaban J connectivity index is 1.48. The lowest BCUT2D eigenvalue weighted by molar-refractivity contribution is -0.122. The number of nitrogens with one attached hydrogen (secondary N) is 1. The maximum Gasteiger partial charge on any atom is 0.265 e. The van der Waals surface area contributed by atoms with Crippen molar-refractivity contribution in [3.63, 3.8) is 0 Å². The monoisotopic (exact) mass is 429 g/mol. The average molecular weight is 429 g/mol. The average Bonchev–Trinajstić information content (AvgIpc) is 2.74. The predicted octanol–water partition coefficient (Wildman–Crippen LogP) is 1.86. The van der Waals surface area contributed by atoms with Crippen molar-refractivity contribution in [1.29, 1.82) is 0 Å². The maximum absolute atomic E-state index is 13.1. The van der Waals surface area contributed by atoms with Gasteiger partial charge in [-0.2, -0.15) is 4.31 Å². The van der Waals surface area contributed by atoms with Crippen LogP contribution in [0, 0.1) is 6.92 Å². The van der Waals surface area contributed by atoms with Gasteiger partial charge in [-0.1, -0.05) is 18.2 Å². The molecule has 0 unspecified atom stereocenters. The van der Waals surface area contributed by atoms with E-state index < -0.39 is 16.1 Å². The molecule has 30 heavy (non-hydrogen) atoms. The molecule has 4 rings (SSSR count). The van der Waals surface area contributed by atoms with Crippen molar-refractivity contribution in [1.82, 2.24) is 9.21 Å². The van der Waals surface area contributed by atoms with E-state index in [0.717, 1.165) is 5.56 Å². The molecule has 2 heterocycles. The Bertz CT molecular complexity index is 1110. The van der Waals surface area contributed by atoms with E-state index in [-0.39, 0.29) is 29.8 Å². The molecule has 1 atom stereocenters. The standard InChI is InChI=1S/C21H23N3O5S/c1-14-5-3-4-6-17(14)21(26)23-9-11-24(12-10-23)30(27,28)16-7-8-19-18(13-16)22-20(25)15(2)29-19/h3-8,13,15H,9-12H2,1-2H3,(H,22,25)/t15-/m1/s1. The molecule has 1 N–H and O–H groups in total. The molecule has 2 aliphatic heterocycles. The summed E-state index contributed by atoms with van der Waals surface area (Å²) in [5, 5.41) is 2.67. The van der Waals surface area contributed by atoms with Crippen molar-refractivity contribution in [3.8, 4) is 5.75 Å². The second-order valence-corrected chi connectivity index (χ2v) is 9.36. The summed E-state index contributed by atoms with van der Waals surface area (Å²) >= 11 is 0. The molecular weight excluding hydrogens is 406 g/mol. The minimum atomic E-state index is -3.76. The van der Waals surface area contributed by atoms with Gasteiger partial charge in [-0.05, 0) is 43.7 Å². The molecule has 0 aromatic heterocycles. The Labute approximate surface area is 175 Å². The molecule has 0 spiro atoms. The summed E-state index contributed by atoms with van der Waals surface area (Å²) in [5.41, 5.74) is 1.87. The van der Waals surface area contributed by atoms with Crippen molar-refractivity contribution in [2.75, 3.05) is 31.5 Å². The zero-order valence-corrected chi connectivity index (χ0v) is 17.6. The normalized spacial score (nSPS) is 19.6. The summed E-state index contributed by atoms with van der Waals surface area (Å²) in [6.45, 7) is 4.55. The van der Waals surface area contributed by atoms with Gasteiger partial charge in [-0.3, -0.25) is 9.59 Å². The van der Waals surface area contributed by atoms with Gasteiger partial charge in [0, 0.05) is 31.7 Å². The number of carbonyl (C=O) groups is 2. The van der Waals surface area contributed by atoms with Gasteiger partial charge in [0.15, 0.2) is 6.10 Å². The molecule has 0 saturated carbocycles. The number of anilines is 1. The first kappa shape index (κ1) is 20.4. The van der Waals surface area contributed by atoms with E-state index in [1.807, 2.05) is 25.1 Å². The van der Waals surface area contributed by atoms with Crippen LogP contribution in [0.25, 0.3) is 0 Å². The number of carbonyl (C=O) groups excluding carboxylic acids is 2. The molecule has 0 bridgehead atoms. The van der Waals surface area contributed by atoms with Crippen LogP contribution in [0.1, 0.15) is 22.8 Å². The fourth-order valence-corrected chi connectivity index (χ4v) is 5.06. The minimum absolute atomic E-state index is 0.0818. The summed E-state index contributed by atoms with van der Waals surface area (Å²) < 4.78 is 33.0. The van der Waals surface area contributed by atoms with E-state index in [2.05, 4.69) is 5.32 Å². The zero-order valence-electron chi connectivity index (χ0n) is 16.8. The molecule has 1 saturated heterocycles. The number of benzene rings is 2. The van der Waals surface area contributed by atoms with Crippen LogP contribution in [-0.4, -0.2) is 61.7 Å². The smallest absolute Gasteiger partial charge is 0.265 e. The number of hydrogen-bond donors (Lipinski definition) is 1. The number of fused-ring (bicyclic) bond motifs is 1. The van der Waals surface area contributed by atoms with Gasteiger partial charge in [0.2, 0.25) is 10.0 Å². The van der Waals surface area contributed by atoms with E-state index in [0.29, 0.717) is 30.1 Å². The maximum atomic E-state index is 13.1. The number of ether oxygens (including phenoxy) is 1. The number of amides is 2. The Kier molecular flexibility index (Phi) is 5.25. The molecule has 9 heteroatoms. The van der Waals surface area contributed by atoms with Crippen LogP contribution in [0.2, 0.25) is 0 Å². The first-order valence-electron chi connectivity index (χ1n) is 9.74. The lowest BCUT2D eigenvalue weighted by atomic mass is 10.1. The highest BCUT2D eigenvalue weighted by Gasteiger charge is 2.32. The molecule has 158 valence electrons. The Morgan fingerprint density at radius 3 is 2.50 bits per heavy atom. The van der Waals surface area contributed by atoms with Crippen molar-refractivity contribution in [3.05, 3.63) is 53.6 Å². The predicted molar refractivity (Wildman–Crippen MR) is 111 cm³/mol. The first-order valence-corrected chi connectivity index (χ1v) is 11.2. The number of hydrogen-bond acceptors (Lipinski definition) is 5. The van der Waals surface area contributed by atoms with Crippen LogP contribution in [-0.2, 0) is 14.8 Å². The van der Waals surface area contributed by atoms with Crippen LogP contribution >= 0.6 is 0 Å². The topological polar surface area (TPSA) is 96.0 Å². The highest BCUT2D eigenvalue weighted by atomic mass is 32.2.